The van der Waals surface area contributed by atoms with Gasteiger partial charge in [0.2, 0.25) is 0 Å². The van der Waals surface area contributed by atoms with E-state index in [0.29, 0.717) is 17.0 Å². The van der Waals surface area contributed by atoms with Crippen LogP contribution in [0.2, 0.25) is 0 Å². The summed E-state index contributed by atoms with van der Waals surface area (Å²) in [6.45, 7) is 4.11. The fourth-order valence-corrected chi connectivity index (χ4v) is 3.67. The minimum atomic E-state index is -0.0930. The molecular weight excluding hydrogens is 300 g/mol. The van der Waals surface area contributed by atoms with Crippen LogP contribution in [0.5, 0.6) is 0 Å². The number of benzene rings is 1. The number of hydrogen-bond donors (Lipinski definition) is 1. The molecule has 1 aliphatic rings. The summed E-state index contributed by atoms with van der Waals surface area (Å²) in [6.07, 6.45) is 7.51. The minimum Gasteiger partial charge on any atom is -0.310 e. The van der Waals surface area contributed by atoms with E-state index in [1.54, 1.807) is 10.9 Å². The van der Waals surface area contributed by atoms with Crippen LogP contribution in [0.4, 0.5) is 0 Å². The maximum atomic E-state index is 12.4. The Labute approximate surface area is 140 Å². The van der Waals surface area contributed by atoms with Crippen molar-refractivity contribution < 1.29 is 0 Å². The predicted molar refractivity (Wildman–Crippen MR) is 94.6 cm³/mol. The van der Waals surface area contributed by atoms with Gasteiger partial charge in [-0.05, 0) is 37.0 Å². The first-order valence-corrected chi connectivity index (χ1v) is 8.66. The van der Waals surface area contributed by atoms with Gasteiger partial charge in [-0.3, -0.25) is 4.79 Å². The van der Waals surface area contributed by atoms with E-state index >= 15 is 0 Å². The molecule has 1 aliphatic carbocycles. The number of aromatic amines is 1. The lowest BCUT2D eigenvalue weighted by Crippen LogP contribution is -2.15. The molecule has 2 heterocycles. The van der Waals surface area contributed by atoms with Crippen molar-refractivity contribution in [1.82, 2.24) is 19.7 Å². The second-order valence-electron chi connectivity index (χ2n) is 6.95. The molecular formula is C19H22N4O. The molecule has 24 heavy (non-hydrogen) atoms. The molecule has 4 rings (SSSR count). The highest BCUT2D eigenvalue weighted by Crippen LogP contribution is 2.27. The number of nitrogens with one attached hydrogen (secondary N) is 1. The van der Waals surface area contributed by atoms with Crippen LogP contribution in [0.25, 0.3) is 16.7 Å². The molecule has 124 valence electrons. The lowest BCUT2D eigenvalue weighted by atomic mass is 10.0. The van der Waals surface area contributed by atoms with Gasteiger partial charge in [0, 0.05) is 6.42 Å². The van der Waals surface area contributed by atoms with Crippen LogP contribution in [-0.4, -0.2) is 19.7 Å². The Hall–Kier alpha value is -2.43. The van der Waals surface area contributed by atoms with Crippen LogP contribution in [0.1, 0.15) is 42.6 Å². The average molecular weight is 322 g/mol. The standard InChI is InChI=1S/C19H22N4O/c1-12-7-8-13(2)16(9-12)23-18-15(11-20-23)19(24)22-17(21-18)10-14-5-3-4-6-14/h7-9,11,14H,3-6,10H2,1-2H3,(H,21,22,24). The molecule has 0 spiro atoms. The van der Waals surface area contributed by atoms with E-state index in [2.05, 4.69) is 42.1 Å². The molecule has 0 saturated heterocycles. The molecule has 3 aromatic rings. The van der Waals surface area contributed by atoms with Crippen molar-refractivity contribution in [3.8, 4) is 5.69 Å². The Morgan fingerprint density at radius 3 is 2.83 bits per heavy atom. The fourth-order valence-electron chi connectivity index (χ4n) is 3.67. The lowest BCUT2D eigenvalue weighted by Gasteiger charge is -2.10. The van der Waals surface area contributed by atoms with Gasteiger partial charge in [-0.15, -0.1) is 0 Å². The van der Waals surface area contributed by atoms with Crippen molar-refractivity contribution in [3.05, 3.63) is 51.7 Å². The normalized spacial score (nSPS) is 15.4. The Balaban J connectivity index is 1.83. The largest absolute Gasteiger partial charge is 0.310 e. The summed E-state index contributed by atoms with van der Waals surface area (Å²) in [5.74, 6) is 1.43. The summed E-state index contributed by atoms with van der Waals surface area (Å²) < 4.78 is 1.80. The molecule has 0 amide bonds. The highest BCUT2D eigenvalue weighted by atomic mass is 16.1. The van der Waals surface area contributed by atoms with Crippen LogP contribution in [0.3, 0.4) is 0 Å². The molecule has 5 heteroatoms. The van der Waals surface area contributed by atoms with Crippen molar-refractivity contribution in [3.63, 3.8) is 0 Å². The van der Waals surface area contributed by atoms with Crippen LogP contribution < -0.4 is 5.56 Å². The van der Waals surface area contributed by atoms with E-state index < -0.39 is 0 Å². The summed E-state index contributed by atoms with van der Waals surface area (Å²) in [5, 5.41) is 4.98. The van der Waals surface area contributed by atoms with Gasteiger partial charge in [0.15, 0.2) is 5.65 Å². The Morgan fingerprint density at radius 1 is 1.25 bits per heavy atom. The van der Waals surface area contributed by atoms with Crippen molar-refractivity contribution in [2.24, 2.45) is 5.92 Å². The monoisotopic (exact) mass is 322 g/mol. The highest BCUT2D eigenvalue weighted by Gasteiger charge is 2.18. The van der Waals surface area contributed by atoms with E-state index in [4.69, 9.17) is 4.98 Å². The van der Waals surface area contributed by atoms with Gasteiger partial charge in [-0.2, -0.15) is 5.10 Å². The Bertz CT molecular complexity index is 948. The topological polar surface area (TPSA) is 63.6 Å². The fraction of sp³-hybridized carbons (Fsp3) is 0.421. The molecule has 1 N–H and O–H groups in total. The third-order valence-corrected chi connectivity index (χ3v) is 5.04. The molecule has 0 unspecified atom stereocenters. The summed E-state index contributed by atoms with van der Waals surface area (Å²) >= 11 is 0. The van der Waals surface area contributed by atoms with Crippen molar-refractivity contribution >= 4 is 11.0 Å². The van der Waals surface area contributed by atoms with Crippen molar-refractivity contribution in [1.29, 1.82) is 0 Å². The van der Waals surface area contributed by atoms with Crippen LogP contribution in [-0.2, 0) is 6.42 Å². The number of fused-ring (bicyclic) bond motifs is 1. The number of rotatable bonds is 3. The second kappa shape index (κ2) is 5.89. The van der Waals surface area contributed by atoms with Crippen LogP contribution >= 0.6 is 0 Å². The van der Waals surface area contributed by atoms with Gasteiger partial charge in [0.05, 0.1) is 11.9 Å². The zero-order valence-electron chi connectivity index (χ0n) is 14.2. The average Bonchev–Trinajstić information content (AvgIpc) is 3.19. The van der Waals surface area contributed by atoms with Gasteiger partial charge in [-0.1, -0.05) is 37.8 Å². The molecule has 2 aromatic heterocycles. The van der Waals surface area contributed by atoms with Crippen LogP contribution in [0, 0.1) is 19.8 Å². The van der Waals surface area contributed by atoms with Gasteiger partial charge in [0.25, 0.3) is 5.56 Å². The first kappa shape index (κ1) is 15.1. The maximum Gasteiger partial charge on any atom is 0.262 e. The quantitative estimate of drug-likeness (QED) is 0.803. The summed E-state index contributed by atoms with van der Waals surface area (Å²) in [4.78, 5) is 20.1. The molecule has 0 atom stereocenters. The first-order valence-electron chi connectivity index (χ1n) is 8.66. The van der Waals surface area contributed by atoms with E-state index in [-0.39, 0.29) is 5.56 Å². The molecule has 0 radical (unpaired) electrons. The molecule has 1 fully saturated rings. The van der Waals surface area contributed by atoms with E-state index in [1.807, 2.05) is 0 Å². The number of hydrogen-bond acceptors (Lipinski definition) is 3. The lowest BCUT2D eigenvalue weighted by molar-refractivity contribution is 0.530. The third kappa shape index (κ3) is 2.64. The van der Waals surface area contributed by atoms with Gasteiger partial charge < -0.3 is 4.98 Å². The second-order valence-corrected chi connectivity index (χ2v) is 6.95. The van der Waals surface area contributed by atoms with E-state index in [9.17, 15) is 4.79 Å². The van der Waals surface area contributed by atoms with Gasteiger partial charge >= 0.3 is 0 Å². The zero-order valence-corrected chi connectivity index (χ0v) is 14.2. The van der Waals surface area contributed by atoms with E-state index in [0.717, 1.165) is 29.1 Å². The summed E-state index contributed by atoms with van der Waals surface area (Å²) in [7, 11) is 0. The summed E-state index contributed by atoms with van der Waals surface area (Å²) in [5.41, 5.74) is 3.82. The predicted octanol–water partition coefficient (Wildman–Crippen LogP) is 3.46. The molecule has 5 nitrogen and oxygen atoms in total. The Kier molecular flexibility index (Phi) is 3.71. The number of nitrogens with zero attached hydrogens (tertiary/aromatic N) is 3. The zero-order chi connectivity index (χ0) is 16.7. The van der Waals surface area contributed by atoms with Crippen LogP contribution in [0.15, 0.2) is 29.2 Å². The first-order chi connectivity index (χ1) is 11.6. The maximum absolute atomic E-state index is 12.4. The molecule has 1 aromatic carbocycles. The Morgan fingerprint density at radius 2 is 2.04 bits per heavy atom. The van der Waals surface area contributed by atoms with Crippen molar-refractivity contribution in [2.75, 3.05) is 0 Å². The summed E-state index contributed by atoms with van der Waals surface area (Å²) in [6, 6.07) is 6.24. The number of aryl methyl sites for hydroxylation is 2. The highest BCUT2D eigenvalue weighted by molar-refractivity contribution is 5.75. The van der Waals surface area contributed by atoms with E-state index in [1.165, 1.54) is 25.7 Å². The van der Waals surface area contributed by atoms with Gasteiger partial charge in [-0.25, -0.2) is 9.67 Å². The number of H-pyrrole nitrogens is 1. The minimum absolute atomic E-state index is 0.0930. The molecule has 1 saturated carbocycles. The molecule has 0 aliphatic heterocycles. The van der Waals surface area contributed by atoms with Crippen molar-refractivity contribution in [2.45, 2.75) is 46.0 Å². The SMILES string of the molecule is Cc1ccc(C)c(-n2ncc3c(=O)[nH]c(CC4CCCC4)nc32)c1. The molecule has 0 bridgehead atoms. The van der Waals surface area contributed by atoms with Gasteiger partial charge in [0.1, 0.15) is 11.2 Å². The number of aromatic nitrogens is 4. The third-order valence-electron chi connectivity index (χ3n) is 5.04. The smallest absolute Gasteiger partial charge is 0.262 e.